The van der Waals surface area contributed by atoms with E-state index in [9.17, 15) is 0 Å². The van der Waals surface area contributed by atoms with E-state index in [0.29, 0.717) is 29.1 Å². The molecule has 5 aromatic carbocycles. The van der Waals surface area contributed by atoms with Crippen LogP contribution in [0.15, 0.2) is 141 Å². The van der Waals surface area contributed by atoms with Gasteiger partial charge in [0, 0.05) is 22.6 Å². The van der Waals surface area contributed by atoms with Crippen LogP contribution < -0.4 is 14.4 Å². The quantitative estimate of drug-likeness (QED) is 0.185. The van der Waals surface area contributed by atoms with Crippen LogP contribution in [0.1, 0.15) is 5.82 Å². The van der Waals surface area contributed by atoms with Gasteiger partial charge in [0.1, 0.15) is 5.69 Å². The van der Waals surface area contributed by atoms with Gasteiger partial charge in [0.2, 0.25) is 5.95 Å². The van der Waals surface area contributed by atoms with E-state index < -0.39 is 0 Å². The molecule has 218 valence electrons. The van der Waals surface area contributed by atoms with Crippen molar-refractivity contribution in [1.29, 1.82) is 0 Å². The standard InChI is InChI=1S/C39H25N5O2/c1-3-14-24(4-2)37-40-38(25-15-6-5-7-16-25)42-39(41-37)44-27-18-9-8-17-26(27)34-30(44)23-33-35-36(34)46-32-22-13-11-20-29(32)43(35)28-19-10-12-21-31(28)45-33/h3-23H,1-2H2/b24-14+. The number of hydrogen-bond donors (Lipinski definition) is 0. The summed E-state index contributed by atoms with van der Waals surface area (Å²) in [6.45, 7) is 7.89. The summed E-state index contributed by atoms with van der Waals surface area (Å²) in [4.78, 5) is 17.2. The third-order valence-electron chi connectivity index (χ3n) is 8.35. The Morgan fingerprint density at radius 1 is 0.674 bits per heavy atom. The van der Waals surface area contributed by atoms with Gasteiger partial charge in [-0.3, -0.25) is 9.47 Å². The Hall–Kier alpha value is -6.47. The highest BCUT2D eigenvalue weighted by Crippen LogP contribution is 2.62. The molecular weight excluding hydrogens is 570 g/mol. The van der Waals surface area contributed by atoms with Gasteiger partial charge in [-0.25, -0.2) is 4.98 Å². The first-order valence-corrected chi connectivity index (χ1v) is 14.9. The van der Waals surface area contributed by atoms with Crippen molar-refractivity contribution >= 4 is 44.4 Å². The number of aromatic nitrogens is 4. The number of fused-ring (bicyclic) bond motifs is 8. The van der Waals surface area contributed by atoms with Crippen LogP contribution in [-0.2, 0) is 0 Å². The van der Waals surface area contributed by atoms with E-state index in [0.717, 1.165) is 61.5 Å². The van der Waals surface area contributed by atoms with Crippen molar-refractivity contribution in [3.63, 3.8) is 0 Å². The summed E-state index contributed by atoms with van der Waals surface area (Å²) in [6.07, 6.45) is 5.28. The lowest BCUT2D eigenvalue weighted by Gasteiger charge is -2.38. The second kappa shape index (κ2) is 10.0. The predicted molar refractivity (Wildman–Crippen MR) is 183 cm³/mol. The maximum Gasteiger partial charge on any atom is 0.238 e. The van der Waals surface area contributed by atoms with E-state index in [1.807, 2.05) is 84.9 Å². The van der Waals surface area contributed by atoms with Crippen molar-refractivity contribution < 1.29 is 9.47 Å². The third kappa shape index (κ3) is 3.75. The van der Waals surface area contributed by atoms with Crippen LogP contribution in [0, 0.1) is 0 Å². The monoisotopic (exact) mass is 595 g/mol. The number of benzene rings is 5. The van der Waals surface area contributed by atoms with Crippen LogP contribution in [0.4, 0.5) is 17.1 Å². The minimum absolute atomic E-state index is 0.461. The zero-order chi connectivity index (χ0) is 30.8. The highest BCUT2D eigenvalue weighted by atomic mass is 16.5. The van der Waals surface area contributed by atoms with Gasteiger partial charge in [-0.05, 0) is 30.3 Å². The van der Waals surface area contributed by atoms with Crippen molar-refractivity contribution in [3.05, 3.63) is 146 Å². The Morgan fingerprint density at radius 2 is 1.37 bits per heavy atom. The summed E-state index contributed by atoms with van der Waals surface area (Å²) < 4.78 is 15.5. The summed E-state index contributed by atoms with van der Waals surface area (Å²) in [7, 11) is 0. The zero-order valence-electron chi connectivity index (χ0n) is 24.6. The van der Waals surface area contributed by atoms with E-state index >= 15 is 0 Å². The van der Waals surface area contributed by atoms with Crippen molar-refractivity contribution in [1.82, 2.24) is 19.5 Å². The number of para-hydroxylation sites is 5. The minimum Gasteiger partial charge on any atom is -0.453 e. The predicted octanol–water partition coefficient (Wildman–Crippen LogP) is 10.1. The van der Waals surface area contributed by atoms with E-state index in [1.54, 1.807) is 12.2 Å². The van der Waals surface area contributed by atoms with Gasteiger partial charge in [0.05, 0.1) is 27.8 Å². The van der Waals surface area contributed by atoms with Gasteiger partial charge in [-0.2, -0.15) is 9.97 Å². The fourth-order valence-electron chi connectivity index (χ4n) is 6.39. The van der Waals surface area contributed by atoms with Crippen LogP contribution in [0.3, 0.4) is 0 Å². The average Bonchev–Trinajstić information content (AvgIpc) is 3.44. The SMILES string of the molecule is C=C/C=C(\C=C)c1nc(-c2ccccc2)nc(-n2c3ccccc3c3c4c5c(cc32)Oc2ccccc2N5c2ccccc2O4)n1. The van der Waals surface area contributed by atoms with E-state index in [1.165, 1.54) is 0 Å². The smallest absolute Gasteiger partial charge is 0.238 e. The molecule has 0 fully saturated rings. The summed E-state index contributed by atoms with van der Waals surface area (Å²) in [6, 6.07) is 36.4. The summed E-state index contributed by atoms with van der Waals surface area (Å²) in [5.41, 5.74) is 6.14. The second-order valence-electron chi connectivity index (χ2n) is 11.0. The Kier molecular flexibility index (Phi) is 5.67. The number of nitrogens with zero attached hydrogens (tertiary/aromatic N) is 5. The number of allylic oxidation sites excluding steroid dienone is 4. The van der Waals surface area contributed by atoms with Gasteiger partial charge in [0.25, 0.3) is 0 Å². The molecule has 7 heteroatoms. The third-order valence-corrected chi connectivity index (χ3v) is 8.35. The lowest BCUT2D eigenvalue weighted by atomic mass is 10.0. The van der Waals surface area contributed by atoms with Gasteiger partial charge in [0.15, 0.2) is 34.6 Å². The molecule has 2 aliphatic rings. The van der Waals surface area contributed by atoms with Crippen LogP contribution in [0.5, 0.6) is 23.0 Å². The number of anilines is 3. The molecule has 0 saturated carbocycles. The van der Waals surface area contributed by atoms with Crippen molar-refractivity contribution in [3.8, 4) is 40.3 Å². The van der Waals surface area contributed by atoms with Crippen LogP contribution in [-0.4, -0.2) is 19.5 Å². The molecule has 0 bridgehead atoms. The topological polar surface area (TPSA) is 65.3 Å². The molecule has 0 amide bonds. The molecule has 0 spiro atoms. The molecule has 0 atom stereocenters. The Balaban J connectivity index is 1.39. The largest absolute Gasteiger partial charge is 0.453 e. The molecule has 2 aromatic heterocycles. The molecule has 7 aromatic rings. The van der Waals surface area contributed by atoms with Gasteiger partial charge in [-0.1, -0.05) is 104 Å². The summed E-state index contributed by atoms with van der Waals surface area (Å²) >= 11 is 0. The number of hydrogen-bond acceptors (Lipinski definition) is 6. The fraction of sp³-hybridized carbons (Fsp3) is 0. The highest BCUT2D eigenvalue weighted by molar-refractivity contribution is 6.17. The molecular formula is C39H25N5O2. The van der Waals surface area contributed by atoms with E-state index in [4.69, 9.17) is 24.4 Å². The molecule has 0 unspecified atom stereocenters. The molecule has 46 heavy (non-hydrogen) atoms. The first-order valence-electron chi connectivity index (χ1n) is 14.9. The lowest BCUT2D eigenvalue weighted by molar-refractivity contribution is 0.450. The normalized spacial score (nSPS) is 13.0. The Bertz CT molecular complexity index is 2410. The van der Waals surface area contributed by atoms with Crippen LogP contribution >= 0.6 is 0 Å². The Morgan fingerprint density at radius 3 is 2.13 bits per heavy atom. The molecule has 0 radical (unpaired) electrons. The molecule has 7 nitrogen and oxygen atoms in total. The first kappa shape index (κ1) is 26.0. The molecule has 4 heterocycles. The average molecular weight is 596 g/mol. The summed E-state index contributed by atoms with van der Waals surface area (Å²) in [5, 5.41) is 1.94. The van der Waals surface area contributed by atoms with Crippen molar-refractivity contribution in [2.45, 2.75) is 0 Å². The minimum atomic E-state index is 0.461. The second-order valence-corrected chi connectivity index (χ2v) is 11.0. The van der Waals surface area contributed by atoms with Crippen LogP contribution in [0.25, 0.3) is 44.7 Å². The van der Waals surface area contributed by atoms with E-state index in [2.05, 4.69) is 53.0 Å². The van der Waals surface area contributed by atoms with E-state index in [-0.39, 0.29) is 0 Å². The molecule has 9 rings (SSSR count). The lowest BCUT2D eigenvalue weighted by Crippen LogP contribution is -2.20. The van der Waals surface area contributed by atoms with Gasteiger partial charge < -0.3 is 9.47 Å². The molecule has 0 N–H and O–H groups in total. The maximum atomic E-state index is 6.79. The van der Waals surface area contributed by atoms with Crippen molar-refractivity contribution in [2.75, 3.05) is 4.90 Å². The fourth-order valence-corrected chi connectivity index (χ4v) is 6.39. The van der Waals surface area contributed by atoms with Gasteiger partial charge >= 0.3 is 0 Å². The number of ether oxygens (including phenoxy) is 2. The summed E-state index contributed by atoms with van der Waals surface area (Å²) in [5.74, 6) is 4.42. The Labute approximate surface area is 264 Å². The molecule has 2 aliphatic heterocycles. The zero-order valence-corrected chi connectivity index (χ0v) is 24.6. The first-order chi connectivity index (χ1) is 22.7. The van der Waals surface area contributed by atoms with Crippen LogP contribution in [0.2, 0.25) is 0 Å². The maximum absolute atomic E-state index is 6.79. The molecule has 0 saturated heterocycles. The molecule has 0 aliphatic carbocycles. The van der Waals surface area contributed by atoms with Gasteiger partial charge in [-0.15, -0.1) is 0 Å². The number of rotatable bonds is 5. The van der Waals surface area contributed by atoms with Crippen molar-refractivity contribution in [2.24, 2.45) is 0 Å². The highest BCUT2D eigenvalue weighted by Gasteiger charge is 2.37.